The number of alkyl halides is 3. The van der Waals surface area contributed by atoms with Gasteiger partial charge in [-0.1, -0.05) is 0 Å². The number of nitrogens with zero attached hydrogens (tertiary/aromatic N) is 2. The summed E-state index contributed by atoms with van der Waals surface area (Å²) in [6.07, 6.45) is -4.55. The van der Waals surface area contributed by atoms with Crippen LogP contribution in [0.2, 0.25) is 0 Å². The van der Waals surface area contributed by atoms with Gasteiger partial charge in [-0.3, -0.25) is 4.31 Å². The Balaban J connectivity index is 1.60. The molecule has 2 heterocycles. The lowest BCUT2D eigenvalue weighted by atomic mass is 9.86. The summed E-state index contributed by atoms with van der Waals surface area (Å²) in [4.78, 5) is -2.00. The molecule has 2 bridgehead atoms. The summed E-state index contributed by atoms with van der Waals surface area (Å²) in [7, 11) is -4.28. The fourth-order valence-electron chi connectivity index (χ4n) is 5.11. The average Bonchev–Trinajstić information content (AvgIpc) is 3.14. The van der Waals surface area contributed by atoms with Crippen LogP contribution in [0.4, 0.5) is 18.9 Å². The van der Waals surface area contributed by atoms with E-state index in [1.54, 1.807) is 0 Å². The van der Waals surface area contributed by atoms with Gasteiger partial charge in [-0.25, -0.2) is 8.42 Å². The Labute approximate surface area is 146 Å². The van der Waals surface area contributed by atoms with E-state index in [2.05, 4.69) is 0 Å². The second-order valence-corrected chi connectivity index (χ2v) is 9.35. The Morgan fingerprint density at radius 2 is 2.04 bits per heavy atom. The van der Waals surface area contributed by atoms with E-state index in [1.165, 1.54) is 12.1 Å². The maximum atomic E-state index is 13.2. The van der Waals surface area contributed by atoms with Crippen molar-refractivity contribution in [3.63, 3.8) is 0 Å². The molecule has 1 unspecified atom stereocenters. The number of fused-ring (bicyclic) bond motifs is 8. The Morgan fingerprint density at radius 3 is 2.69 bits per heavy atom. The molecular formula is C16H13F3N2O4S. The predicted octanol–water partition coefficient (Wildman–Crippen LogP) is 1.45. The van der Waals surface area contributed by atoms with E-state index < -0.39 is 44.1 Å². The number of halogens is 3. The highest BCUT2D eigenvalue weighted by atomic mass is 32.2. The summed E-state index contributed by atoms with van der Waals surface area (Å²) in [6, 6.07) is 4.27. The number of hydrogen-bond acceptors (Lipinski definition) is 5. The Bertz CT molecular complexity index is 973. The summed E-state index contributed by atoms with van der Waals surface area (Å²) in [5.41, 5.74) is -1.95. The van der Waals surface area contributed by atoms with Crippen molar-refractivity contribution in [1.82, 2.24) is 0 Å². The Morgan fingerprint density at radius 1 is 1.31 bits per heavy atom. The summed E-state index contributed by atoms with van der Waals surface area (Å²) < 4.78 is 72.0. The predicted molar refractivity (Wildman–Crippen MR) is 81.1 cm³/mol. The Kier molecular flexibility index (Phi) is 2.85. The van der Waals surface area contributed by atoms with Crippen molar-refractivity contribution in [2.45, 2.75) is 29.7 Å². The van der Waals surface area contributed by atoms with Crippen molar-refractivity contribution in [3.8, 4) is 6.07 Å². The van der Waals surface area contributed by atoms with E-state index in [1.807, 2.05) is 0 Å². The van der Waals surface area contributed by atoms with E-state index in [0.717, 1.165) is 10.4 Å². The summed E-state index contributed by atoms with van der Waals surface area (Å²) >= 11 is 0. The number of anilines is 1. The first kappa shape index (κ1) is 16.4. The van der Waals surface area contributed by atoms with Gasteiger partial charge in [0.15, 0.2) is 4.93 Å². The number of benzene rings is 1. The van der Waals surface area contributed by atoms with Gasteiger partial charge in [0.1, 0.15) is 0 Å². The van der Waals surface area contributed by atoms with Crippen molar-refractivity contribution in [2.75, 3.05) is 10.8 Å². The summed E-state index contributed by atoms with van der Waals surface area (Å²) in [5, 5.41) is 19.9. The van der Waals surface area contributed by atoms with Gasteiger partial charge in [0.2, 0.25) is 0 Å². The number of nitriles is 1. The molecule has 5 rings (SSSR count). The fourth-order valence-corrected chi connectivity index (χ4v) is 7.46. The SMILES string of the molecule is N#Cc1ccc(N2C[C@H]3[C@@H]4C[C@@H]([C@H]5O[C@@H]45)C3(O)S2(=O)=O)cc1C(F)(F)F. The molecule has 138 valence electrons. The molecule has 1 aromatic rings. The van der Waals surface area contributed by atoms with E-state index in [9.17, 15) is 26.7 Å². The standard InChI is InChI=1S/C16H13F3N2O4S/c17-16(18,19)10-3-8(2-1-7(10)5-20)21-6-12-9-4-11(14-13(9)25-14)15(12,22)26(21,23)24/h1-3,9,11-14,22H,4,6H2/t9-,11-,12-,13-,14+,15?/m0/s1. The number of hydrogen-bond donors (Lipinski definition) is 1. The lowest BCUT2D eigenvalue weighted by Crippen LogP contribution is -2.49. The fraction of sp³-hybridized carbons (Fsp3) is 0.562. The third-order valence-electron chi connectivity index (χ3n) is 6.27. The van der Waals surface area contributed by atoms with Crippen LogP contribution in [0.25, 0.3) is 0 Å². The first-order valence-corrected chi connectivity index (χ1v) is 9.56. The van der Waals surface area contributed by atoms with Crippen LogP contribution >= 0.6 is 0 Å². The van der Waals surface area contributed by atoms with Crippen LogP contribution in [0.15, 0.2) is 18.2 Å². The van der Waals surface area contributed by atoms with Gasteiger partial charge in [-0.05, 0) is 30.5 Å². The Hall–Kier alpha value is -1.83. The molecule has 4 aliphatic rings. The van der Waals surface area contributed by atoms with Crippen molar-refractivity contribution < 1.29 is 31.4 Å². The third kappa shape index (κ3) is 1.71. The van der Waals surface area contributed by atoms with Crippen LogP contribution in [0.3, 0.4) is 0 Å². The maximum Gasteiger partial charge on any atom is 0.417 e. The first-order chi connectivity index (χ1) is 12.1. The van der Waals surface area contributed by atoms with Crippen LogP contribution in [0.1, 0.15) is 17.5 Å². The lowest BCUT2D eigenvalue weighted by molar-refractivity contribution is -0.137. The number of aliphatic hydroxyl groups is 1. The molecule has 10 heteroatoms. The van der Waals surface area contributed by atoms with Crippen molar-refractivity contribution in [1.29, 1.82) is 5.26 Å². The van der Waals surface area contributed by atoms with Gasteiger partial charge in [0.05, 0.1) is 35.1 Å². The molecule has 4 fully saturated rings. The molecule has 2 aliphatic heterocycles. The molecule has 1 aromatic carbocycles. The lowest BCUT2D eigenvalue weighted by Gasteiger charge is -2.30. The van der Waals surface area contributed by atoms with Crippen LogP contribution in [0, 0.1) is 29.1 Å². The topological polar surface area (TPSA) is 93.9 Å². The summed E-state index contributed by atoms with van der Waals surface area (Å²) in [6.45, 7) is -0.0875. The second kappa shape index (κ2) is 4.52. The quantitative estimate of drug-likeness (QED) is 0.738. The minimum Gasteiger partial charge on any atom is -0.372 e. The van der Waals surface area contributed by atoms with Crippen LogP contribution in [-0.4, -0.2) is 37.2 Å². The van der Waals surface area contributed by atoms with E-state index in [0.29, 0.717) is 12.5 Å². The molecule has 0 radical (unpaired) electrons. The van der Waals surface area contributed by atoms with Crippen LogP contribution in [0.5, 0.6) is 0 Å². The number of rotatable bonds is 1. The second-order valence-electron chi connectivity index (χ2n) is 7.31. The van der Waals surface area contributed by atoms with E-state index in [-0.39, 0.29) is 30.4 Å². The van der Waals surface area contributed by atoms with Crippen molar-refractivity contribution >= 4 is 15.7 Å². The minimum atomic E-state index is -4.79. The molecule has 0 amide bonds. The molecule has 26 heavy (non-hydrogen) atoms. The highest BCUT2D eigenvalue weighted by molar-refractivity contribution is 7.94. The average molecular weight is 386 g/mol. The zero-order valence-electron chi connectivity index (χ0n) is 13.1. The number of ether oxygens (including phenoxy) is 1. The molecule has 0 spiro atoms. The number of epoxide rings is 1. The molecule has 6 nitrogen and oxygen atoms in total. The van der Waals surface area contributed by atoms with Gasteiger partial charge in [-0.2, -0.15) is 18.4 Å². The smallest absolute Gasteiger partial charge is 0.372 e. The molecule has 2 aliphatic carbocycles. The van der Waals surface area contributed by atoms with E-state index in [4.69, 9.17) is 10.00 Å². The third-order valence-corrected chi connectivity index (χ3v) is 8.64. The van der Waals surface area contributed by atoms with Gasteiger partial charge in [0.25, 0.3) is 10.0 Å². The highest BCUT2D eigenvalue weighted by Gasteiger charge is 2.80. The normalized spacial score (nSPS) is 41.7. The molecular weight excluding hydrogens is 373 g/mol. The maximum absolute atomic E-state index is 13.2. The van der Waals surface area contributed by atoms with Crippen molar-refractivity contribution in [3.05, 3.63) is 29.3 Å². The van der Waals surface area contributed by atoms with Gasteiger partial charge >= 0.3 is 6.18 Å². The zero-order chi connectivity index (χ0) is 18.6. The molecule has 6 atom stereocenters. The zero-order valence-corrected chi connectivity index (χ0v) is 14.0. The molecule has 0 aromatic heterocycles. The summed E-state index contributed by atoms with van der Waals surface area (Å²) in [5.74, 6) is -1.24. The molecule has 2 saturated heterocycles. The largest absolute Gasteiger partial charge is 0.417 e. The van der Waals surface area contributed by atoms with Gasteiger partial charge < -0.3 is 9.84 Å². The molecule has 2 saturated carbocycles. The van der Waals surface area contributed by atoms with Gasteiger partial charge in [-0.15, -0.1) is 0 Å². The highest BCUT2D eigenvalue weighted by Crippen LogP contribution is 2.67. The van der Waals surface area contributed by atoms with E-state index >= 15 is 0 Å². The van der Waals surface area contributed by atoms with Crippen LogP contribution in [-0.2, 0) is 20.9 Å². The number of sulfonamides is 1. The first-order valence-electron chi connectivity index (χ1n) is 8.12. The monoisotopic (exact) mass is 386 g/mol. The van der Waals surface area contributed by atoms with Crippen LogP contribution < -0.4 is 4.31 Å². The van der Waals surface area contributed by atoms with Gasteiger partial charge in [0, 0.05) is 18.4 Å². The minimum absolute atomic E-state index is 0.0490. The van der Waals surface area contributed by atoms with Crippen molar-refractivity contribution in [2.24, 2.45) is 17.8 Å². The molecule has 1 N–H and O–H groups in total.